The van der Waals surface area contributed by atoms with E-state index in [1.165, 1.54) is 6.20 Å². The zero-order chi connectivity index (χ0) is 9.84. The summed E-state index contributed by atoms with van der Waals surface area (Å²) in [7, 11) is 0. The minimum atomic E-state index is -0.955. The van der Waals surface area contributed by atoms with Crippen LogP contribution in [0.3, 0.4) is 0 Å². The molecule has 13 heavy (non-hydrogen) atoms. The van der Waals surface area contributed by atoms with E-state index in [1.54, 1.807) is 6.07 Å². The molecule has 0 atom stereocenters. The average molecular weight is 180 g/mol. The predicted molar refractivity (Wildman–Crippen MR) is 50.1 cm³/mol. The van der Waals surface area contributed by atoms with E-state index in [2.05, 4.69) is 10.3 Å². The number of rotatable bonds is 3. The number of carbonyl (C=O) groups is 1. The van der Waals surface area contributed by atoms with Crippen LogP contribution in [-0.2, 0) is 0 Å². The molecule has 4 nitrogen and oxygen atoms in total. The molecular formula is C9H12N2O2. The number of hydrogen-bond donors (Lipinski definition) is 2. The number of nitrogens with one attached hydrogen (secondary N) is 1. The van der Waals surface area contributed by atoms with E-state index >= 15 is 0 Å². The van der Waals surface area contributed by atoms with Crippen LogP contribution in [0, 0.1) is 6.92 Å². The van der Waals surface area contributed by atoms with Crippen LogP contribution in [0.1, 0.15) is 23.0 Å². The quantitative estimate of drug-likeness (QED) is 0.740. The van der Waals surface area contributed by atoms with Crippen LogP contribution in [0.4, 0.5) is 5.69 Å². The van der Waals surface area contributed by atoms with Gasteiger partial charge in [-0.2, -0.15) is 0 Å². The second-order valence-electron chi connectivity index (χ2n) is 2.71. The van der Waals surface area contributed by atoms with Crippen LogP contribution < -0.4 is 5.32 Å². The van der Waals surface area contributed by atoms with Gasteiger partial charge in [0.1, 0.15) is 5.56 Å². The van der Waals surface area contributed by atoms with Crippen LogP contribution in [0.15, 0.2) is 12.3 Å². The molecule has 0 aliphatic rings. The number of nitrogens with zero attached hydrogens (tertiary/aromatic N) is 1. The lowest BCUT2D eigenvalue weighted by molar-refractivity contribution is 0.0697. The van der Waals surface area contributed by atoms with Gasteiger partial charge in [0.05, 0.1) is 5.69 Å². The Morgan fingerprint density at radius 1 is 1.69 bits per heavy atom. The van der Waals surface area contributed by atoms with Gasteiger partial charge >= 0.3 is 5.97 Å². The molecule has 1 aromatic heterocycles. The van der Waals surface area contributed by atoms with Gasteiger partial charge < -0.3 is 10.4 Å². The first kappa shape index (κ1) is 9.51. The third kappa shape index (κ3) is 2.18. The molecule has 70 valence electrons. The molecule has 0 saturated carbocycles. The summed E-state index contributed by atoms with van der Waals surface area (Å²) in [5, 5.41) is 11.8. The van der Waals surface area contributed by atoms with Crippen molar-refractivity contribution in [2.45, 2.75) is 13.8 Å². The van der Waals surface area contributed by atoms with Gasteiger partial charge in [-0.05, 0) is 19.9 Å². The Balaban J connectivity index is 3.10. The van der Waals surface area contributed by atoms with Crippen molar-refractivity contribution < 1.29 is 9.90 Å². The Kier molecular flexibility index (Phi) is 2.84. The maximum Gasteiger partial charge on any atom is 0.339 e. The smallest absolute Gasteiger partial charge is 0.339 e. The van der Waals surface area contributed by atoms with Crippen molar-refractivity contribution in [1.82, 2.24) is 4.98 Å². The van der Waals surface area contributed by atoms with Crippen LogP contribution in [-0.4, -0.2) is 22.6 Å². The normalized spacial score (nSPS) is 9.69. The lowest BCUT2D eigenvalue weighted by Crippen LogP contribution is -2.06. The highest BCUT2D eigenvalue weighted by Crippen LogP contribution is 2.14. The van der Waals surface area contributed by atoms with Gasteiger partial charge in [0.2, 0.25) is 0 Å². The third-order valence-corrected chi connectivity index (χ3v) is 1.64. The minimum Gasteiger partial charge on any atom is -0.478 e. The van der Waals surface area contributed by atoms with Gasteiger partial charge in [0, 0.05) is 18.4 Å². The van der Waals surface area contributed by atoms with E-state index in [-0.39, 0.29) is 5.56 Å². The van der Waals surface area contributed by atoms with E-state index in [0.29, 0.717) is 12.2 Å². The van der Waals surface area contributed by atoms with Gasteiger partial charge in [-0.1, -0.05) is 0 Å². The monoisotopic (exact) mass is 180 g/mol. The summed E-state index contributed by atoms with van der Waals surface area (Å²) < 4.78 is 0. The topological polar surface area (TPSA) is 62.2 Å². The maximum atomic E-state index is 10.7. The number of anilines is 1. The summed E-state index contributed by atoms with van der Waals surface area (Å²) >= 11 is 0. The summed E-state index contributed by atoms with van der Waals surface area (Å²) in [6, 6.07) is 1.73. The molecular weight excluding hydrogens is 168 g/mol. The van der Waals surface area contributed by atoms with Crippen molar-refractivity contribution >= 4 is 11.7 Å². The molecule has 1 heterocycles. The molecule has 2 N–H and O–H groups in total. The number of hydrogen-bond acceptors (Lipinski definition) is 3. The number of aryl methyl sites for hydroxylation is 1. The number of pyridine rings is 1. The van der Waals surface area contributed by atoms with Crippen LogP contribution in [0.5, 0.6) is 0 Å². The first-order valence-corrected chi connectivity index (χ1v) is 4.09. The molecule has 0 saturated heterocycles. The van der Waals surface area contributed by atoms with Crippen molar-refractivity contribution in [2.24, 2.45) is 0 Å². The molecule has 0 fully saturated rings. The number of aromatic carboxylic acids is 1. The Labute approximate surface area is 76.6 Å². The molecule has 0 aliphatic heterocycles. The third-order valence-electron chi connectivity index (χ3n) is 1.64. The highest BCUT2D eigenvalue weighted by atomic mass is 16.4. The zero-order valence-electron chi connectivity index (χ0n) is 7.66. The van der Waals surface area contributed by atoms with Gasteiger partial charge in [-0.15, -0.1) is 0 Å². The molecule has 0 spiro atoms. The van der Waals surface area contributed by atoms with Gasteiger partial charge in [-0.25, -0.2) is 4.79 Å². The highest BCUT2D eigenvalue weighted by Gasteiger charge is 2.09. The Bertz CT molecular complexity index is 323. The zero-order valence-corrected chi connectivity index (χ0v) is 7.66. The average Bonchev–Trinajstić information content (AvgIpc) is 2.04. The van der Waals surface area contributed by atoms with E-state index in [4.69, 9.17) is 5.11 Å². The Hall–Kier alpha value is -1.58. The fourth-order valence-electron chi connectivity index (χ4n) is 1.07. The van der Waals surface area contributed by atoms with Crippen molar-refractivity contribution in [3.05, 3.63) is 23.5 Å². The number of carboxylic acids is 1. The summed E-state index contributed by atoms with van der Waals surface area (Å²) in [4.78, 5) is 14.7. The standard InChI is InChI=1S/C9H12N2O2/c1-3-10-8-4-6(2)11-5-7(8)9(12)13/h4-5H,3H2,1-2H3,(H,10,11)(H,12,13). The maximum absolute atomic E-state index is 10.7. The molecule has 0 aliphatic carbocycles. The van der Waals surface area contributed by atoms with Crippen molar-refractivity contribution in [3.63, 3.8) is 0 Å². The molecule has 1 rings (SSSR count). The summed E-state index contributed by atoms with van der Waals surface area (Å²) in [5.74, 6) is -0.955. The van der Waals surface area contributed by atoms with Gasteiger partial charge in [0.15, 0.2) is 0 Å². The summed E-state index contributed by atoms with van der Waals surface area (Å²) in [6.07, 6.45) is 1.37. The molecule has 1 aromatic rings. The molecule has 0 bridgehead atoms. The first-order valence-electron chi connectivity index (χ1n) is 4.09. The Morgan fingerprint density at radius 2 is 2.38 bits per heavy atom. The lowest BCUT2D eigenvalue weighted by Gasteiger charge is -2.07. The van der Waals surface area contributed by atoms with Crippen molar-refractivity contribution in [2.75, 3.05) is 11.9 Å². The molecule has 0 amide bonds. The number of carboxylic acid groups (broad SMARTS) is 1. The van der Waals surface area contributed by atoms with E-state index in [0.717, 1.165) is 5.69 Å². The van der Waals surface area contributed by atoms with Crippen LogP contribution in [0.2, 0.25) is 0 Å². The summed E-state index contributed by atoms with van der Waals surface area (Å²) in [5.41, 5.74) is 1.65. The molecule has 0 unspecified atom stereocenters. The predicted octanol–water partition coefficient (Wildman–Crippen LogP) is 1.52. The molecule has 4 heteroatoms. The largest absolute Gasteiger partial charge is 0.478 e. The van der Waals surface area contributed by atoms with E-state index < -0.39 is 5.97 Å². The van der Waals surface area contributed by atoms with E-state index in [1.807, 2.05) is 13.8 Å². The van der Waals surface area contributed by atoms with Crippen molar-refractivity contribution in [3.8, 4) is 0 Å². The summed E-state index contributed by atoms with van der Waals surface area (Å²) in [6.45, 7) is 4.44. The molecule has 0 radical (unpaired) electrons. The fourth-order valence-corrected chi connectivity index (χ4v) is 1.07. The molecule has 0 aromatic carbocycles. The van der Waals surface area contributed by atoms with Crippen LogP contribution in [0.25, 0.3) is 0 Å². The lowest BCUT2D eigenvalue weighted by atomic mass is 10.2. The SMILES string of the molecule is CCNc1cc(C)ncc1C(=O)O. The second-order valence-corrected chi connectivity index (χ2v) is 2.71. The number of aromatic nitrogens is 1. The van der Waals surface area contributed by atoms with Crippen molar-refractivity contribution in [1.29, 1.82) is 0 Å². The fraction of sp³-hybridized carbons (Fsp3) is 0.333. The Morgan fingerprint density at radius 3 is 2.92 bits per heavy atom. The van der Waals surface area contributed by atoms with E-state index in [9.17, 15) is 4.79 Å². The minimum absolute atomic E-state index is 0.215. The second kappa shape index (κ2) is 3.89. The van der Waals surface area contributed by atoms with Gasteiger partial charge in [-0.3, -0.25) is 4.98 Å². The highest BCUT2D eigenvalue weighted by molar-refractivity contribution is 5.93. The van der Waals surface area contributed by atoms with Gasteiger partial charge in [0.25, 0.3) is 0 Å². The van der Waals surface area contributed by atoms with Crippen LogP contribution >= 0.6 is 0 Å². The first-order chi connectivity index (χ1) is 6.15.